The molecule has 0 saturated heterocycles. The molecular formula is C10H19CoF2O-5. The molecule has 1 rings (SSSR count). The number of rotatable bonds is 0. The molecule has 0 aromatic heterocycles. The van der Waals surface area contributed by atoms with E-state index in [1.165, 1.54) is 0 Å². The van der Waals surface area contributed by atoms with Gasteiger partial charge in [0.25, 0.3) is 0 Å². The minimum Gasteiger partial charge on any atom is -1.00 e. The molecule has 1 radical (unpaired) electrons. The topological polar surface area (TPSA) is 17.1 Å². The van der Waals surface area contributed by atoms with Crippen molar-refractivity contribution in [3.05, 3.63) is 54.0 Å². The van der Waals surface area contributed by atoms with Gasteiger partial charge in [0.1, 0.15) is 6.79 Å². The second-order valence-electron chi connectivity index (χ2n) is 1.00. The van der Waals surface area contributed by atoms with E-state index in [4.69, 9.17) is 4.79 Å². The third-order valence-electron chi connectivity index (χ3n) is 0.586. The predicted octanol–water partition coefficient (Wildman–Crippen LogP) is -3.07. The van der Waals surface area contributed by atoms with E-state index in [1.807, 2.05) is 18.9 Å². The number of hydrogen-bond donors (Lipinski definition) is 0. The third kappa shape index (κ3) is 62.4. The van der Waals surface area contributed by atoms with Crippen LogP contribution in [0, 0.1) is 35.8 Å². The van der Waals surface area contributed by atoms with Crippen LogP contribution in [0.1, 0.15) is 6.42 Å². The molecule has 14 heavy (non-hydrogen) atoms. The molecule has 0 aliphatic heterocycles. The number of carbonyl (C=O) groups is 1. The quantitative estimate of drug-likeness (QED) is 0.418. The van der Waals surface area contributed by atoms with Crippen molar-refractivity contribution in [2.75, 3.05) is 0 Å². The Balaban J connectivity index is -0.00000000639. The van der Waals surface area contributed by atoms with E-state index in [2.05, 4.69) is 12.2 Å². The minimum absolute atomic E-state index is 0. The van der Waals surface area contributed by atoms with E-state index in [9.17, 15) is 0 Å². The van der Waals surface area contributed by atoms with E-state index < -0.39 is 0 Å². The van der Waals surface area contributed by atoms with Gasteiger partial charge in [-0.25, -0.2) is 12.2 Å². The molecule has 0 unspecified atom stereocenters. The normalized spacial score (nSPS) is 6.57. The summed E-state index contributed by atoms with van der Waals surface area (Å²) in [7, 11) is 0. The van der Waals surface area contributed by atoms with Gasteiger partial charge in [-0.1, -0.05) is 0 Å². The van der Waals surface area contributed by atoms with Crippen LogP contribution in [0.15, 0.2) is 18.2 Å². The summed E-state index contributed by atoms with van der Waals surface area (Å²) in [5.41, 5.74) is 0. The summed E-state index contributed by atoms with van der Waals surface area (Å²) in [5.74, 6) is 0. The Hall–Kier alpha value is -0.484. The Morgan fingerprint density at radius 3 is 1.43 bits per heavy atom. The Morgan fingerprint density at radius 1 is 1.00 bits per heavy atom. The first-order valence-electron chi connectivity index (χ1n) is 2.01. The molecule has 93 valence electrons. The first-order valence-corrected chi connectivity index (χ1v) is 2.01. The molecule has 0 N–H and O–H groups in total. The van der Waals surface area contributed by atoms with E-state index in [1.54, 1.807) is 0 Å². The van der Waals surface area contributed by atoms with Crippen LogP contribution < -0.4 is 9.41 Å². The zero-order valence-corrected chi connectivity index (χ0v) is 10.2. The predicted molar refractivity (Wildman–Crippen MR) is 54.3 cm³/mol. The monoisotopic (exact) mass is 252 g/mol. The molecule has 0 spiro atoms. The number of hydrogen-bond acceptors (Lipinski definition) is 1. The third-order valence-corrected chi connectivity index (χ3v) is 0.586. The van der Waals surface area contributed by atoms with Crippen LogP contribution in [0.3, 0.4) is 0 Å². The molecule has 0 aromatic carbocycles. The van der Waals surface area contributed by atoms with Gasteiger partial charge in [-0.2, -0.15) is 6.08 Å². The van der Waals surface area contributed by atoms with Gasteiger partial charge in [0.05, 0.1) is 0 Å². The fourth-order valence-electron chi connectivity index (χ4n) is 0.340. The van der Waals surface area contributed by atoms with Gasteiger partial charge in [-0.05, 0) is 0 Å². The van der Waals surface area contributed by atoms with Crippen molar-refractivity contribution in [3.63, 3.8) is 0 Å². The Labute approximate surface area is 98.6 Å². The van der Waals surface area contributed by atoms with Gasteiger partial charge in [0, 0.05) is 0 Å². The zero-order valence-electron chi connectivity index (χ0n) is 9.14. The van der Waals surface area contributed by atoms with Crippen LogP contribution in [0.4, 0.5) is 0 Å². The van der Waals surface area contributed by atoms with Crippen molar-refractivity contribution < 1.29 is 31.0 Å². The van der Waals surface area contributed by atoms with E-state index >= 15 is 0 Å². The second-order valence-corrected chi connectivity index (χ2v) is 1.00. The van der Waals surface area contributed by atoms with E-state index in [0.717, 1.165) is 6.42 Å². The minimum atomic E-state index is 0. The molecule has 0 amide bonds. The fourth-order valence-corrected chi connectivity index (χ4v) is 0.340. The summed E-state index contributed by atoms with van der Waals surface area (Å²) < 4.78 is 0. The largest absolute Gasteiger partial charge is 2.00 e. The summed E-state index contributed by atoms with van der Waals surface area (Å²) in [5, 5.41) is 0. The average molecular weight is 252 g/mol. The van der Waals surface area contributed by atoms with E-state index in [0.29, 0.717) is 0 Å². The van der Waals surface area contributed by atoms with E-state index in [-0.39, 0.29) is 55.9 Å². The van der Waals surface area contributed by atoms with Gasteiger partial charge in [0.2, 0.25) is 0 Å². The van der Waals surface area contributed by atoms with Crippen molar-refractivity contribution >= 4 is 6.79 Å². The van der Waals surface area contributed by atoms with Crippen molar-refractivity contribution in [2.45, 2.75) is 6.42 Å². The molecule has 0 atom stereocenters. The van der Waals surface area contributed by atoms with Gasteiger partial charge < -0.3 is 43.9 Å². The standard InChI is InChI=1S/C5H5.CH2O.4CH3.Co.2FH/c1-2-4-5-3-1;1-2;;;;;;;/h1-3H,4H2;1H2;4*1H3;;2*1H/q-1;;4*-1;+2;;/p-2. The SMILES string of the molecule is C=O.[C-]1=CC=CC1.[CH3-].[CH3-].[CH3-].[CH3-].[Co+2].[F-].[F-]. The molecule has 1 aliphatic carbocycles. The molecule has 0 fully saturated rings. The Bertz CT molecular complexity index is 86.1. The maximum atomic E-state index is 8.00. The molecule has 0 heterocycles. The van der Waals surface area contributed by atoms with Crippen molar-refractivity contribution in [1.29, 1.82) is 0 Å². The Kier molecular flexibility index (Phi) is 404. The van der Waals surface area contributed by atoms with Crippen LogP contribution in [0.5, 0.6) is 0 Å². The van der Waals surface area contributed by atoms with Crippen molar-refractivity contribution in [1.82, 2.24) is 0 Å². The number of halogens is 2. The Morgan fingerprint density at radius 2 is 1.36 bits per heavy atom. The molecule has 4 heteroatoms. The van der Waals surface area contributed by atoms with Gasteiger partial charge in [-0.3, -0.25) is 6.08 Å². The summed E-state index contributed by atoms with van der Waals surface area (Å²) in [6.45, 7) is 2.00. The summed E-state index contributed by atoms with van der Waals surface area (Å²) in [4.78, 5) is 8.00. The van der Waals surface area contributed by atoms with Crippen LogP contribution in [0.2, 0.25) is 0 Å². The molecule has 1 aliphatic rings. The van der Waals surface area contributed by atoms with Crippen LogP contribution in [-0.2, 0) is 21.6 Å². The van der Waals surface area contributed by atoms with Crippen LogP contribution in [0.25, 0.3) is 0 Å². The molecule has 0 saturated carbocycles. The first-order chi connectivity index (χ1) is 3.50. The summed E-state index contributed by atoms with van der Waals surface area (Å²) >= 11 is 0. The number of allylic oxidation sites excluding steroid dienone is 4. The van der Waals surface area contributed by atoms with Crippen molar-refractivity contribution in [2.24, 2.45) is 0 Å². The summed E-state index contributed by atoms with van der Waals surface area (Å²) in [6, 6.07) is 0. The molecule has 0 aromatic rings. The zero-order chi connectivity index (χ0) is 5.54. The van der Waals surface area contributed by atoms with Crippen LogP contribution in [-0.4, -0.2) is 6.79 Å². The van der Waals surface area contributed by atoms with Crippen molar-refractivity contribution in [3.8, 4) is 0 Å². The van der Waals surface area contributed by atoms with Gasteiger partial charge in [0.15, 0.2) is 0 Å². The first kappa shape index (κ1) is 69.6. The molecule has 0 bridgehead atoms. The van der Waals surface area contributed by atoms with Gasteiger partial charge in [-0.15, -0.1) is 6.42 Å². The smallest absolute Gasteiger partial charge is 1.00 e. The second kappa shape index (κ2) is 81.4. The summed E-state index contributed by atoms with van der Waals surface area (Å²) in [6.07, 6.45) is 10.0. The van der Waals surface area contributed by atoms with Crippen LogP contribution >= 0.6 is 0 Å². The maximum absolute atomic E-state index is 8.00. The number of carbonyl (C=O) groups excluding carboxylic acids is 1. The average Bonchev–Trinajstić information content (AvgIpc) is 2.23. The van der Waals surface area contributed by atoms with Gasteiger partial charge >= 0.3 is 16.8 Å². The molecular weight excluding hydrogens is 233 g/mol. The maximum Gasteiger partial charge on any atom is 2.00 e. The molecule has 1 nitrogen and oxygen atoms in total. The fraction of sp³-hybridized carbons (Fsp3) is 0.100.